The number of hydrogen-bond donors (Lipinski definition) is 1. The van der Waals surface area contributed by atoms with Gasteiger partial charge in [-0.1, -0.05) is 61.5 Å². The number of aromatic nitrogens is 3. The van der Waals surface area contributed by atoms with Crippen molar-refractivity contribution in [3.63, 3.8) is 0 Å². The maximum absolute atomic E-state index is 12.3. The highest BCUT2D eigenvalue weighted by molar-refractivity contribution is 7.99. The molecule has 0 bridgehead atoms. The van der Waals surface area contributed by atoms with Gasteiger partial charge in [-0.15, -0.1) is 10.2 Å². The van der Waals surface area contributed by atoms with E-state index in [1.807, 2.05) is 41.8 Å². The lowest BCUT2D eigenvalue weighted by Gasteiger charge is -2.14. The quantitative estimate of drug-likeness (QED) is 0.536. The Labute approximate surface area is 176 Å². The van der Waals surface area contributed by atoms with Crippen LogP contribution in [0.4, 0.5) is 0 Å². The van der Waals surface area contributed by atoms with E-state index in [2.05, 4.69) is 54.5 Å². The zero-order chi connectivity index (χ0) is 20.8. The molecule has 1 N–H and O–H groups in total. The van der Waals surface area contributed by atoms with Gasteiger partial charge in [0.2, 0.25) is 5.91 Å². The molecule has 0 aliphatic rings. The minimum atomic E-state index is 0.0202. The Balaban J connectivity index is 1.90. The summed E-state index contributed by atoms with van der Waals surface area (Å²) in [6.45, 7) is 8.35. The largest absolute Gasteiger partial charge is 0.353 e. The molecule has 3 aromatic rings. The molecule has 152 valence electrons. The van der Waals surface area contributed by atoms with Gasteiger partial charge < -0.3 is 5.32 Å². The standard InChI is InChI=1S/C23H28N4OS/c1-5-9-18(4)24-21(28)15-29-23-26-25-22(19-10-7-6-8-11-19)27(23)20-13-12-16(2)17(3)14-20/h6-8,10-14,18H,5,9,15H2,1-4H3,(H,24,28)/t18-/m1/s1. The third-order valence-corrected chi connectivity index (χ3v) is 5.80. The average molecular weight is 409 g/mol. The molecular weight excluding hydrogens is 380 g/mol. The number of hydrogen-bond acceptors (Lipinski definition) is 4. The van der Waals surface area contributed by atoms with Gasteiger partial charge in [-0.05, 0) is 50.5 Å². The normalized spacial score (nSPS) is 12.0. The number of benzene rings is 2. The van der Waals surface area contributed by atoms with Crippen molar-refractivity contribution in [2.24, 2.45) is 0 Å². The molecule has 1 amide bonds. The molecule has 0 spiro atoms. The maximum atomic E-state index is 12.3. The first-order chi connectivity index (χ1) is 14.0. The van der Waals surface area contributed by atoms with Gasteiger partial charge in [0.25, 0.3) is 0 Å². The second-order valence-electron chi connectivity index (χ2n) is 7.32. The lowest BCUT2D eigenvalue weighted by Crippen LogP contribution is -2.33. The van der Waals surface area contributed by atoms with E-state index in [4.69, 9.17) is 0 Å². The van der Waals surface area contributed by atoms with Crippen molar-refractivity contribution in [1.29, 1.82) is 0 Å². The highest BCUT2D eigenvalue weighted by Crippen LogP contribution is 2.28. The van der Waals surface area contributed by atoms with Crippen LogP contribution in [-0.2, 0) is 4.79 Å². The molecule has 0 radical (unpaired) electrons. The Hall–Kier alpha value is -2.60. The first kappa shape index (κ1) is 21.1. The van der Waals surface area contributed by atoms with Crippen LogP contribution >= 0.6 is 11.8 Å². The SMILES string of the molecule is CCC[C@@H](C)NC(=O)CSc1nnc(-c2ccccc2)n1-c1ccc(C)c(C)c1. The summed E-state index contributed by atoms with van der Waals surface area (Å²) < 4.78 is 2.04. The fourth-order valence-electron chi connectivity index (χ4n) is 3.19. The molecule has 3 rings (SSSR count). The van der Waals surface area contributed by atoms with Crippen LogP contribution < -0.4 is 5.32 Å². The molecule has 1 atom stereocenters. The molecule has 6 heteroatoms. The molecule has 1 aromatic heterocycles. The van der Waals surface area contributed by atoms with Crippen molar-refractivity contribution in [3.05, 3.63) is 59.7 Å². The zero-order valence-electron chi connectivity index (χ0n) is 17.5. The topological polar surface area (TPSA) is 59.8 Å². The molecule has 2 aromatic carbocycles. The number of nitrogens with zero attached hydrogens (tertiary/aromatic N) is 3. The minimum Gasteiger partial charge on any atom is -0.353 e. The van der Waals surface area contributed by atoms with E-state index in [0.29, 0.717) is 10.9 Å². The van der Waals surface area contributed by atoms with Crippen molar-refractivity contribution >= 4 is 17.7 Å². The van der Waals surface area contributed by atoms with E-state index in [1.54, 1.807) is 0 Å². The maximum Gasteiger partial charge on any atom is 0.230 e. The minimum absolute atomic E-state index is 0.0202. The number of carbonyl (C=O) groups excluding carboxylic acids is 1. The van der Waals surface area contributed by atoms with Crippen LogP contribution in [-0.4, -0.2) is 32.5 Å². The monoisotopic (exact) mass is 408 g/mol. The van der Waals surface area contributed by atoms with Crippen molar-refractivity contribution in [2.45, 2.75) is 51.7 Å². The zero-order valence-corrected chi connectivity index (χ0v) is 18.3. The van der Waals surface area contributed by atoms with Crippen LogP contribution in [0.15, 0.2) is 53.7 Å². The summed E-state index contributed by atoms with van der Waals surface area (Å²) in [7, 11) is 0. The Morgan fingerprint density at radius 1 is 1.10 bits per heavy atom. The van der Waals surface area contributed by atoms with E-state index in [0.717, 1.165) is 29.9 Å². The molecule has 29 heavy (non-hydrogen) atoms. The Morgan fingerprint density at radius 3 is 2.55 bits per heavy atom. The van der Waals surface area contributed by atoms with E-state index in [-0.39, 0.29) is 11.9 Å². The summed E-state index contributed by atoms with van der Waals surface area (Å²) in [6.07, 6.45) is 2.03. The predicted octanol–water partition coefficient (Wildman–Crippen LogP) is 4.95. The summed E-state index contributed by atoms with van der Waals surface area (Å²) in [4.78, 5) is 12.3. The third-order valence-electron chi connectivity index (χ3n) is 4.88. The third kappa shape index (κ3) is 5.26. The van der Waals surface area contributed by atoms with Crippen LogP contribution in [0, 0.1) is 13.8 Å². The van der Waals surface area contributed by atoms with Gasteiger partial charge in [0, 0.05) is 11.6 Å². The van der Waals surface area contributed by atoms with Crippen LogP contribution in [0.5, 0.6) is 0 Å². The van der Waals surface area contributed by atoms with Gasteiger partial charge in [0.05, 0.1) is 11.4 Å². The van der Waals surface area contributed by atoms with Crippen LogP contribution in [0.2, 0.25) is 0 Å². The fourth-order valence-corrected chi connectivity index (χ4v) is 3.95. The molecule has 0 fully saturated rings. The molecule has 5 nitrogen and oxygen atoms in total. The van der Waals surface area contributed by atoms with Gasteiger partial charge in [0.15, 0.2) is 11.0 Å². The number of rotatable bonds is 8. The van der Waals surface area contributed by atoms with Crippen LogP contribution in [0.3, 0.4) is 0 Å². The van der Waals surface area contributed by atoms with Gasteiger partial charge >= 0.3 is 0 Å². The van der Waals surface area contributed by atoms with Gasteiger partial charge in [-0.25, -0.2) is 0 Å². The summed E-state index contributed by atoms with van der Waals surface area (Å²) in [6, 6.07) is 16.5. The highest BCUT2D eigenvalue weighted by Gasteiger charge is 2.18. The summed E-state index contributed by atoms with van der Waals surface area (Å²) in [5.74, 6) is 1.11. The predicted molar refractivity (Wildman–Crippen MR) is 120 cm³/mol. The highest BCUT2D eigenvalue weighted by atomic mass is 32.2. The number of amides is 1. The molecule has 0 saturated heterocycles. The lowest BCUT2D eigenvalue weighted by molar-refractivity contribution is -0.119. The summed E-state index contributed by atoms with van der Waals surface area (Å²) >= 11 is 1.41. The second kappa shape index (κ2) is 9.74. The van der Waals surface area contributed by atoms with Gasteiger partial charge in [-0.3, -0.25) is 9.36 Å². The first-order valence-electron chi connectivity index (χ1n) is 10.00. The van der Waals surface area contributed by atoms with Crippen molar-refractivity contribution < 1.29 is 4.79 Å². The first-order valence-corrected chi connectivity index (χ1v) is 11.0. The summed E-state index contributed by atoms with van der Waals surface area (Å²) in [5, 5.41) is 12.6. The Bertz CT molecular complexity index is 968. The van der Waals surface area contributed by atoms with E-state index in [1.165, 1.54) is 22.9 Å². The van der Waals surface area contributed by atoms with Crippen LogP contribution in [0.1, 0.15) is 37.8 Å². The van der Waals surface area contributed by atoms with Crippen molar-refractivity contribution in [2.75, 3.05) is 5.75 Å². The van der Waals surface area contributed by atoms with Crippen LogP contribution in [0.25, 0.3) is 17.1 Å². The van der Waals surface area contributed by atoms with E-state index in [9.17, 15) is 4.79 Å². The number of thioether (sulfide) groups is 1. The smallest absolute Gasteiger partial charge is 0.230 e. The average Bonchev–Trinajstić information content (AvgIpc) is 3.13. The molecule has 0 aliphatic heterocycles. The van der Waals surface area contributed by atoms with Gasteiger partial charge in [-0.2, -0.15) is 0 Å². The molecule has 0 saturated carbocycles. The number of aryl methyl sites for hydroxylation is 2. The van der Waals surface area contributed by atoms with Crippen molar-refractivity contribution in [3.8, 4) is 17.1 Å². The second-order valence-corrected chi connectivity index (χ2v) is 8.26. The number of carbonyl (C=O) groups is 1. The lowest BCUT2D eigenvalue weighted by atomic mass is 10.1. The molecule has 0 aliphatic carbocycles. The Morgan fingerprint density at radius 2 is 1.86 bits per heavy atom. The summed E-state index contributed by atoms with van der Waals surface area (Å²) in [5.41, 5.74) is 4.43. The number of nitrogens with one attached hydrogen (secondary N) is 1. The molecule has 0 unspecified atom stereocenters. The molecule has 1 heterocycles. The van der Waals surface area contributed by atoms with Crippen molar-refractivity contribution in [1.82, 2.24) is 20.1 Å². The molecular formula is C23H28N4OS. The van der Waals surface area contributed by atoms with E-state index < -0.39 is 0 Å². The Kier molecular flexibility index (Phi) is 7.09. The fraction of sp³-hybridized carbons (Fsp3) is 0.348. The van der Waals surface area contributed by atoms with Gasteiger partial charge in [0.1, 0.15) is 0 Å². The van der Waals surface area contributed by atoms with E-state index >= 15 is 0 Å².